The van der Waals surface area contributed by atoms with Gasteiger partial charge in [-0.1, -0.05) is 12.1 Å². The van der Waals surface area contributed by atoms with Crippen LogP contribution in [-0.4, -0.2) is 41.9 Å². The molecular formula is C16H21NO6. The van der Waals surface area contributed by atoms with Gasteiger partial charge in [0.15, 0.2) is 0 Å². The zero-order valence-corrected chi connectivity index (χ0v) is 13.6. The Kier molecular flexibility index (Phi) is 6.12. The molecule has 23 heavy (non-hydrogen) atoms. The van der Waals surface area contributed by atoms with Crippen LogP contribution in [0.1, 0.15) is 36.7 Å². The maximum Gasteiger partial charge on any atom is 0.408 e. The summed E-state index contributed by atoms with van der Waals surface area (Å²) in [5.41, 5.74) is 0.137. The number of nitrogens with one attached hydrogen (secondary N) is 1. The Balaban J connectivity index is 2.80. The van der Waals surface area contributed by atoms with Gasteiger partial charge < -0.3 is 19.9 Å². The monoisotopic (exact) mass is 323 g/mol. The lowest BCUT2D eigenvalue weighted by atomic mass is 10.0. The normalized spacial score (nSPS) is 12.2. The molecule has 1 aromatic carbocycles. The first kappa shape index (κ1) is 18.5. The largest absolute Gasteiger partial charge is 0.478 e. The van der Waals surface area contributed by atoms with Crippen LogP contribution in [0.15, 0.2) is 24.3 Å². The maximum atomic E-state index is 11.8. The first-order chi connectivity index (χ1) is 10.6. The average molecular weight is 323 g/mol. The van der Waals surface area contributed by atoms with Crippen molar-refractivity contribution >= 4 is 18.0 Å². The average Bonchev–Trinajstić information content (AvgIpc) is 2.44. The summed E-state index contributed by atoms with van der Waals surface area (Å²) in [4.78, 5) is 34.4. The van der Waals surface area contributed by atoms with Crippen molar-refractivity contribution in [3.8, 4) is 0 Å². The number of carbonyl (C=O) groups is 3. The van der Waals surface area contributed by atoms with Crippen LogP contribution >= 0.6 is 0 Å². The highest BCUT2D eigenvalue weighted by molar-refractivity contribution is 5.87. The number of hydrogen-bond acceptors (Lipinski definition) is 5. The van der Waals surface area contributed by atoms with Crippen LogP contribution in [-0.2, 0) is 20.7 Å². The molecule has 0 saturated carbocycles. The van der Waals surface area contributed by atoms with Gasteiger partial charge in [-0.2, -0.15) is 0 Å². The molecule has 0 aromatic heterocycles. The van der Waals surface area contributed by atoms with Gasteiger partial charge in [0, 0.05) is 6.42 Å². The van der Waals surface area contributed by atoms with E-state index in [1.807, 2.05) is 0 Å². The lowest BCUT2D eigenvalue weighted by Gasteiger charge is -2.22. The van der Waals surface area contributed by atoms with Crippen molar-refractivity contribution < 1.29 is 29.0 Å². The molecule has 0 radical (unpaired) electrons. The van der Waals surface area contributed by atoms with E-state index in [0.29, 0.717) is 5.56 Å². The van der Waals surface area contributed by atoms with Crippen molar-refractivity contribution in [2.24, 2.45) is 0 Å². The topological polar surface area (TPSA) is 102 Å². The van der Waals surface area contributed by atoms with Gasteiger partial charge in [0.2, 0.25) is 0 Å². The lowest BCUT2D eigenvalue weighted by molar-refractivity contribution is -0.143. The minimum absolute atomic E-state index is 0.142. The molecule has 2 N–H and O–H groups in total. The number of carbonyl (C=O) groups excluding carboxylic acids is 2. The van der Waals surface area contributed by atoms with Crippen molar-refractivity contribution in [2.75, 3.05) is 7.11 Å². The molecule has 0 saturated heterocycles. The standard InChI is InChI=1S/C16H21NO6/c1-16(2,3)23-15(21)17-12(14(20)22-4)9-10-5-7-11(8-6-10)13(18)19/h5-8,12H,9H2,1-4H3,(H,17,21)(H,18,19)/t12-/m1/s1. The fraction of sp³-hybridized carbons (Fsp3) is 0.438. The highest BCUT2D eigenvalue weighted by atomic mass is 16.6. The van der Waals surface area contributed by atoms with Crippen LogP contribution < -0.4 is 5.32 Å². The van der Waals surface area contributed by atoms with E-state index in [9.17, 15) is 14.4 Å². The van der Waals surface area contributed by atoms with E-state index in [-0.39, 0.29) is 12.0 Å². The Bertz CT molecular complexity index is 573. The number of carboxylic acid groups (broad SMARTS) is 1. The maximum absolute atomic E-state index is 11.8. The quantitative estimate of drug-likeness (QED) is 0.804. The molecule has 1 atom stereocenters. The molecule has 1 aromatic rings. The van der Waals surface area contributed by atoms with Gasteiger partial charge in [0.1, 0.15) is 11.6 Å². The molecule has 1 rings (SSSR count). The summed E-state index contributed by atoms with van der Waals surface area (Å²) in [6, 6.07) is 5.09. The molecule has 0 heterocycles. The summed E-state index contributed by atoms with van der Waals surface area (Å²) in [6.07, 6.45) is -0.568. The number of methoxy groups -OCH3 is 1. The van der Waals surface area contributed by atoms with E-state index in [1.54, 1.807) is 32.9 Å². The fourth-order valence-corrected chi connectivity index (χ4v) is 1.80. The predicted octanol–water partition coefficient (Wildman–Crippen LogP) is 1.99. The molecule has 1 amide bonds. The summed E-state index contributed by atoms with van der Waals surface area (Å²) in [5.74, 6) is -1.65. The van der Waals surface area contributed by atoms with E-state index in [4.69, 9.17) is 9.84 Å². The summed E-state index contributed by atoms with van der Waals surface area (Å²) >= 11 is 0. The second-order valence-corrected chi connectivity index (χ2v) is 5.93. The molecular weight excluding hydrogens is 302 g/mol. The Morgan fingerprint density at radius 1 is 1.17 bits per heavy atom. The van der Waals surface area contributed by atoms with E-state index >= 15 is 0 Å². The molecule has 126 valence electrons. The van der Waals surface area contributed by atoms with Crippen LogP contribution in [0.5, 0.6) is 0 Å². The number of hydrogen-bond donors (Lipinski definition) is 2. The number of esters is 1. The SMILES string of the molecule is COC(=O)[C@@H](Cc1ccc(C(=O)O)cc1)NC(=O)OC(C)(C)C. The van der Waals surface area contributed by atoms with Crippen molar-refractivity contribution in [3.05, 3.63) is 35.4 Å². The predicted molar refractivity (Wildman–Crippen MR) is 82.3 cm³/mol. The van der Waals surface area contributed by atoms with E-state index in [1.165, 1.54) is 19.2 Å². The van der Waals surface area contributed by atoms with Crippen molar-refractivity contribution in [1.29, 1.82) is 0 Å². The van der Waals surface area contributed by atoms with Gasteiger partial charge >= 0.3 is 18.0 Å². The molecule has 0 aliphatic carbocycles. The smallest absolute Gasteiger partial charge is 0.408 e. The highest BCUT2D eigenvalue weighted by Crippen LogP contribution is 2.10. The second-order valence-electron chi connectivity index (χ2n) is 5.93. The van der Waals surface area contributed by atoms with Crippen LogP contribution in [0.25, 0.3) is 0 Å². The Morgan fingerprint density at radius 3 is 2.17 bits per heavy atom. The van der Waals surface area contributed by atoms with E-state index in [2.05, 4.69) is 10.1 Å². The molecule has 0 unspecified atom stereocenters. The number of ether oxygens (including phenoxy) is 2. The highest BCUT2D eigenvalue weighted by Gasteiger charge is 2.25. The molecule has 0 bridgehead atoms. The van der Waals surface area contributed by atoms with Crippen molar-refractivity contribution in [1.82, 2.24) is 5.32 Å². The Labute approximate surface area is 134 Å². The summed E-state index contributed by atoms with van der Waals surface area (Å²) in [7, 11) is 1.22. The van der Waals surface area contributed by atoms with E-state index < -0.39 is 29.7 Å². The van der Waals surface area contributed by atoms with Crippen LogP contribution in [0.3, 0.4) is 0 Å². The first-order valence-corrected chi connectivity index (χ1v) is 7.02. The third-order valence-corrected chi connectivity index (χ3v) is 2.82. The van der Waals surface area contributed by atoms with Gasteiger partial charge in [-0.3, -0.25) is 0 Å². The molecule has 7 nitrogen and oxygen atoms in total. The third kappa shape index (κ3) is 6.37. The molecule has 0 aliphatic rings. The number of aromatic carboxylic acids is 1. The number of benzene rings is 1. The Morgan fingerprint density at radius 2 is 1.74 bits per heavy atom. The van der Waals surface area contributed by atoms with Gasteiger partial charge in [-0.05, 0) is 38.5 Å². The van der Waals surface area contributed by atoms with Crippen LogP contribution in [0.4, 0.5) is 4.79 Å². The van der Waals surface area contributed by atoms with E-state index in [0.717, 1.165) is 0 Å². The van der Waals surface area contributed by atoms with Crippen molar-refractivity contribution in [3.63, 3.8) is 0 Å². The van der Waals surface area contributed by atoms with Crippen LogP contribution in [0.2, 0.25) is 0 Å². The number of alkyl carbamates (subject to hydrolysis) is 1. The van der Waals surface area contributed by atoms with Crippen molar-refractivity contribution in [2.45, 2.75) is 38.8 Å². The van der Waals surface area contributed by atoms with Crippen LogP contribution in [0, 0.1) is 0 Å². The number of amides is 1. The fourth-order valence-electron chi connectivity index (χ4n) is 1.80. The second kappa shape index (κ2) is 7.62. The third-order valence-electron chi connectivity index (χ3n) is 2.82. The van der Waals surface area contributed by atoms with Gasteiger partial charge in [0.25, 0.3) is 0 Å². The molecule has 0 fully saturated rings. The van der Waals surface area contributed by atoms with Gasteiger partial charge in [0.05, 0.1) is 12.7 Å². The van der Waals surface area contributed by atoms with Gasteiger partial charge in [-0.25, -0.2) is 14.4 Å². The number of rotatable bonds is 5. The zero-order valence-electron chi connectivity index (χ0n) is 13.6. The number of carboxylic acids is 1. The lowest BCUT2D eigenvalue weighted by Crippen LogP contribution is -2.45. The summed E-state index contributed by atoms with van der Waals surface area (Å²) in [6.45, 7) is 5.14. The van der Waals surface area contributed by atoms with Gasteiger partial charge in [-0.15, -0.1) is 0 Å². The zero-order chi connectivity index (χ0) is 17.6. The Hall–Kier alpha value is -2.57. The summed E-state index contributed by atoms with van der Waals surface area (Å²) < 4.78 is 9.79. The minimum Gasteiger partial charge on any atom is -0.478 e. The minimum atomic E-state index is -1.03. The molecule has 7 heteroatoms. The first-order valence-electron chi connectivity index (χ1n) is 7.02. The summed E-state index contributed by atoms with van der Waals surface area (Å²) in [5, 5.41) is 11.3. The molecule has 0 aliphatic heterocycles. The molecule has 0 spiro atoms.